The zero-order chi connectivity index (χ0) is 17.1. The predicted molar refractivity (Wildman–Crippen MR) is 92.3 cm³/mol. The van der Waals surface area contributed by atoms with E-state index < -0.39 is 5.97 Å². The molecule has 0 aliphatic carbocycles. The van der Waals surface area contributed by atoms with Crippen molar-refractivity contribution < 1.29 is 13.9 Å². The van der Waals surface area contributed by atoms with E-state index in [0.717, 1.165) is 34.4 Å². The Hall–Kier alpha value is -2.88. The molecule has 4 heteroatoms. The molecule has 24 heavy (non-hydrogen) atoms. The van der Waals surface area contributed by atoms with Crippen LogP contribution < -0.4 is 0 Å². The van der Waals surface area contributed by atoms with Crippen molar-refractivity contribution in [3.8, 4) is 22.4 Å². The molecule has 0 unspecified atom stereocenters. The lowest BCUT2D eigenvalue weighted by Crippen LogP contribution is -2.03. The maximum Gasteiger partial charge on any atom is 0.355 e. The van der Waals surface area contributed by atoms with Gasteiger partial charge >= 0.3 is 5.97 Å². The Labute approximate surface area is 140 Å². The molecule has 0 bridgehead atoms. The number of aromatic nitrogens is 1. The quantitative estimate of drug-likeness (QED) is 0.698. The average molecular weight is 323 g/mol. The van der Waals surface area contributed by atoms with E-state index in [1.807, 2.05) is 37.3 Å². The molecular formula is C20H18FNO2. The molecule has 0 fully saturated rings. The Kier molecular flexibility index (Phi) is 4.47. The highest BCUT2D eigenvalue weighted by Gasteiger charge is 2.23. The second-order valence-electron chi connectivity index (χ2n) is 5.45. The smallest absolute Gasteiger partial charge is 0.355 e. The van der Waals surface area contributed by atoms with Crippen molar-refractivity contribution in [2.75, 3.05) is 7.11 Å². The molecule has 1 aromatic heterocycles. The SMILES string of the molecule is CCc1c(-c2ccccc2)[nH]c(C(=O)OC)c1-c1ccc(F)cc1. The Morgan fingerprint density at radius 1 is 1.04 bits per heavy atom. The summed E-state index contributed by atoms with van der Waals surface area (Å²) < 4.78 is 18.2. The number of carbonyl (C=O) groups excluding carboxylic acids is 1. The Morgan fingerprint density at radius 2 is 1.71 bits per heavy atom. The summed E-state index contributed by atoms with van der Waals surface area (Å²) in [4.78, 5) is 15.5. The first-order chi connectivity index (χ1) is 11.7. The van der Waals surface area contributed by atoms with Gasteiger partial charge in [0, 0.05) is 11.3 Å². The van der Waals surface area contributed by atoms with Crippen LogP contribution in [0.4, 0.5) is 4.39 Å². The summed E-state index contributed by atoms with van der Waals surface area (Å²) in [6.07, 6.45) is 0.727. The van der Waals surface area contributed by atoms with Gasteiger partial charge < -0.3 is 9.72 Å². The van der Waals surface area contributed by atoms with Crippen molar-refractivity contribution in [1.29, 1.82) is 0 Å². The second kappa shape index (κ2) is 6.71. The minimum absolute atomic E-state index is 0.310. The fourth-order valence-corrected chi connectivity index (χ4v) is 2.93. The second-order valence-corrected chi connectivity index (χ2v) is 5.45. The number of benzene rings is 2. The Morgan fingerprint density at radius 3 is 2.29 bits per heavy atom. The van der Waals surface area contributed by atoms with E-state index in [-0.39, 0.29) is 5.82 Å². The van der Waals surface area contributed by atoms with Crippen LogP contribution in [0.1, 0.15) is 23.0 Å². The number of nitrogens with one attached hydrogen (secondary N) is 1. The number of H-pyrrole nitrogens is 1. The lowest BCUT2D eigenvalue weighted by molar-refractivity contribution is 0.0596. The van der Waals surface area contributed by atoms with Crippen molar-refractivity contribution >= 4 is 5.97 Å². The van der Waals surface area contributed by atoms with E-state index in [2.05, 4.69) is 4.98 Å². The molecule has 3 nitrogen and oxygen atoms in total. The van der Waals surface area contributed by atoms with Crippen molar-refractivity contribution in [3.63, 3.8) is 0 Å². The van der Waals surface area contributed by atoms with Crippen LogP contribution in [0.2, 0.25) is 0 Å². The highest BCUT2D eigenvalue weighted by atomic mass is 19.1. The third-order valence-electron chi connectivity index (χ3n) is 4.04. The number of methoxy groups -OCH3 is 1. The van der Waals surface area contributed by atoms with Crippen LogP contribution in [0.15, 0.2) is 54.6 Å². The van der Waals surface area contributed by atoms with Gasteiger partial charge in [-0.05, 0) is 35.2 Å². The molecule has 1 N–H and O–H groups in total. The molecule has 0 spiro atoms. The van der Waals surface area contributed by atoms with E-state index in [0.29, 0.717) is 5.69 Å². The fraction of sp³-hybridized carbons (Fsp3) is 0.150. The van der Waals surface area contributed by atoms with Crippen molar-refractivity contribution in [1.82, 2.24) is 4.98 Å². The average Bonchev–Trinajstić information content (AvgIpc) is 3.02. The predicted octanol–water partition coefficient (Wildman–Crippen LogP) is 4.84. The van der Waals surface area contributed by atoms with E-state index in [9.17, 15) is 9.18 Å². The van der Waals surface area contributed by atoms with Gasteiger partial charge in [-0.2, -0.15) is 0 Å². The summed E-state index contributed by atoms with van der Waals surface area (Å²) >= 11 is 0. The fourth-order valence-electron chi connectivity index (χ4n) is 2.93. The highest BCUT2D eigenvalue weighted by molar-refractivity contribution is 5.99. The van der Waals surface area contributed by atoms with Crippen molar-refractivity contribution in [3.05, 3.63) is 71.7 Å². The zero-order valence-electron chi connectivity index (χ0n) is 13.6. The molecule has 0 radical (unpaired) electrons. The minimum Gasteiger partial charge on any atom is -0.464 e. The van der Waals surface area contributed by atoms with Gasteiger partial charge in [0.1, 0.15) is 11.5 Å². The molecule has 0 aliphatic rings. The van der Waals surface area contributed by atoms with E-state index in [1.165, 1.54) is 19.2 Å². The first-order valence-corrected chi connectivity index (χ1v) is 7.80. The lowest BCUT2D eigenvalue weighted by Gasteiger charge is -2.07. The standard InChI is InChI=1S/C20H18FNO2/c1-3-16-17(13-9-11-15(21)12-10-13)19(20(23)24-2)22-18(16)14-7-5-4-6-8-14/h4-12,22H,3H2,1-2H3. The number of ether oxygens (including phenoxy) is 1. The van der Waals surface area contributed by atoms with Gasteiger partial charge in [-0.15, -0.1) is 0 Å². The van der Waals surface area contributed by atoms with E-state index in [4.69, 9.17) is 4.74 Å². The molecular weight excluding hydrogens is 305 g/mol. The van der Waals surface area contributed by atoms with Crippen LogP contribution in [-0.2, 0) is 11.2 Å². The van der Waals surface area contributed by atoms with Gasteiger partial charge in [0.25, 0.3) is 0 Å². The Bertz CT molecular complexity index is 851. The number of hydrogen-bond donors (Lipinski definition) is 1. The van der Waals surface area contributed by atoms with E-state index in [1.54, 1.807) is 12.1 Å². The number of rotatable bonds is 4. The molecule has 2 aromatic carbocycles. The summed E-state index contributed by atoms with van der Waals surface area (Å²) in [5.41, 5.74) is 4.83. The number of carbonyl (C=O) groups is 1. The van der Waals surface area contributed by atoms with Gasteiger partial charge in [-0.3, -0.25) is 0 Å². The van der Waals surface area contributed by atoms with Gasteiger partial charge in [-0.25, -0.2) is 9.18 Å². The van der Waals surface area contributed by atoms with Gasteiger partial charge in [0.2, 0.25) is 0 Å². The molecule has 0 atom stereocenters. The molecule has 0 saturated carbocycles. The molecule has 3 aromatic rings. The largest absolute Gasteiger partial charge is 0.464 e. The number of hydrogen-bond acceptors (Lipinski definition) is 2. The zero-order valence-corrected chi connectivity index (χ0v) is 13.6. The van der Waals surface area contributed by atoms with Crippen LogP contribution in [0.3, 0.4) is 0 Å². The van der Waals surface area contributed by atoms with Crippen LogP contribution in [0.25, 0.3) is 22.4 Å². The maximum atomic E-state index is 13.3. The Balaban J connectivity index is 2.27. The summed E-state index contributed by atoms with van der Waals surface area (Å²) in [6.45, 7) is 2.03. The third-order valence-corrected chi connectivity index (χ3v) is 4.04. The summed E-state index contributed by atoms with van der Waals surface area (Å²) in [7, 11) is 1.35. The number of esters is 1. The van der Waals surface area contributed by atoms with Crippen LogP contribution >= 0.6 is 0 Å². The van der Waals surface area contributed by atoms with Crippen LogP contribution in [-0.4, -0.2) is 18.1 Å². The molecule has 0 aliphatic heterocycles. The number of halogens is 1. The summed E-state index contributed by atoms with van der Waals surface area (Å²) in [5.74, 6) is -0.749. The van der Waals surface area contributed by atoms with Crippen LogP contribution in [0.5, 0.6) is 0 Å². The molecule has 1 heterocycles. The van der Waals surface area contributed by atoms with Crippen molar-refractivity contribution in [2.45, 2.75) is 13.3 Å². The lowest BCUT2D eigenvalue weighted by atomic mass is 9.96. The van der Waals surface area contributed by atoms with Gasteiger partial charge in [-0.1, -0.05) is 49.4 Å². The first kappa shape index (κ1) is 16.0. The van der Waals surface area contributed by atoms with Gasteiger partial charge in [0.15, 0.2) is 0 Å². The molecule has 3 rings (SSSR count). The third kappa shape index (κ3) is 2.83. The normalized spacial score (nSPS) is 10.6. The highest BCUT2D eigenvalue weighted by Crippen LogP contribution is 2.36. The topological polar surface area (TPSA) is 42.1 Å². The monoisotopic (exact) mass is 323 g/mol. The van der Waals surface area contributed by atoms with Crippen LogP contribution in [0, 0.1) is 5.82 Å². The maximum absolute atomic E-state index is 13.3. The molecule has 0 saturated heterocycles. The number of aromatic amines is 1. The molecule has 122 valence electrons. The molecule has 0 amide bonds. The minimum atomic E-state index is -0.439. The van der Waals surface area contributed by atoms with Gasteiger partial charge in [0.05, 0.1) is 7.11 Å². The van der Waals surface area contributed by atoms with E-state index >= 15 is 0 Å². The summed E-state index contributed by atoms with van der Waals surface area (Å²) in [5, 5.41) is 0. The van der Waals surface area contributed by atoms with Crippen molar-refractivity contribution in [2.24, 2.45) is 0 Å². The summed E-state index contributed by atoms with van der Waals surface area (Å²) in [6, 6.07) is 16.0. The first-order valence-electron chi connectivity index (χ1n) is 7.80.